The summed E-state index contributed by atoms with van der Waals surface area (Å²) in [5.74, 6) is 0. The summed E-state index contributed by atoms with van der Waals surface area (Å²) >= 11 is 29.7. The van der Waals surface area contributed by atoms with E-state index in [1.807, 2.05) is 0 Å². The molecular formula is C2H2Cl6Si. The molecule has 0 bridgehead atoms. The molecular weight excluding hydrogens is 265 g/mol. The van der Waals surface area contributed by atoms with Crippen LogP contribution in [0.2, 0.25) is 0 Å². The monoisotopic (exact) mass is 264 g/mol. The van der Waals surface area contributed by atoms with Crippen LogP contribution in [-0.4, -0.2) is 6.73 Å². The van der Waals surface area contributed by atoms with Crippen molar-refractivity contribution in [1.29, 1.82) is 0 Å². The molecule has 0 aliphatic heterocycles. The molecule has 0 spiro atoms. The van der Waals surface area contributed by atoms with Gasteiger partial charge >= 0.3 is 6.73 Å². The molecule has 0 atom stereocenters. The Morgan fingerprint density at radius 2 is 1.22 bits per heavy atom. The normalized spacial score (nSPS) is 7.89. The van der Waals surface area contributed by atoms with Gasteiger partial charge in [0.05, 0.1) is 0 Å². The van der Waals surface area contributed by atoms with Gasteiger partial charge in [0.2, 0.25) is 0 Å². The van der Waals surface area contributed by atoms with E-state index in [1.165, 1.54) is 0 Å². The minimum Gasteiger partial charge on any atom is -0.130 e. The van der Waals surface area contributed by atoms with E-state index in [0.29, 0.717) is 0 Å². The van der Waals surface area contributed by atoms with Gasteiger partial charge in [-0.15, -0.1) is 33.2 Å². The second-order valence-electron chi connectivity index (χ2n) is 0.646. The van der Waals surface area contributed by atoms with Gasteiger partial charge in [0.25, 0.3) is 0 Å². The lowest BCUT2D eigenvalue weighted by molar-refractivity contribution is 2.36. The van der Waals surface area contributed by atoms with Crippen LogP contribution < -0.4 is 0 Å². The predicted octanol–water partition coefficient (Wildman–Crippen LogP) is 3.92. The Kier molecular flexibility index (Phi) is 14.3. The minimum absolute atomic E-state index is 0.0895. The van der Waals surface area contributed by atoms with Crippen molar-refractivity contribution in [3.8, 4) is 0 Å². The summed E-state index contributed by atoms with van der Waals surface area (Å²) in [4.78, 5) is 0. The van der Waals surface area contributed by atoms with Gasteiger partial charge in [-0.1, -0.05) is 34.8 Å². The lowest BCUT2D eigenvalue weighted by Gasteiger charge is -1.65. The Labute approximate surface area is 84.3 Å². The quantitative estimate of drug-likeness (QED) is 0.461. The van der Waals surface area contributed by atoms with E-state index in [9.17, 15) is 0 Å². The third-order valence-electron chi connectivity index (χ3n) is 0.0825. The molecule has 0 aromatic rings. The smallest absolute Gasteiger partial charge is 0.130 e. The minimum atomic E-state index is -1.72. The Bertz CT molecular complexity index is 72.4. The van der Waals surface area contributed by atoms with Gasteiger partial charge in [-0.3, -0.25) is 0 Å². The van der Waals surface area contributed by atoms with Gasteiger partial charge in [0.15, 0.2) is 0 Å². The zero-order valence-electron chi connectivity index (χ0n) is 3.92. The molecule has 0 aliphatic carbocycles. The highest BCUT2D eigenvalue weighted by Crippen LogP contribution is 2.05. The van der Waals surface area contributed by atoms with Crippen molar-refractivity contribution in [3.05, 3.63) is 10.0 Å². The molecule has 0 saturated carbocycles. The highest BCUT2D eigenvalue weighted by molar-refractivity contribution is 7.54. The molecule has 0 rings (SSSR count). The largest absolute Gasteiger partial charge is 0.326 e. The SMILES string of the molecule is ClC=C(Cl)Cl.Cl[SiH](Cl)Cl. The van der Waals surface area contributed by atoms with Crippen LogP contribution in [0.1, 0.15) is 0 Å². The summed E-state index contributed by atoms with van der Waals surface area (Å²) in [5, 5.41) is 0. The van der Waals surface area contributed by atoms with Gasteiger partial charge in [-0.25, -0.2) is 0 Å². The fourth-order valence-corrected chi connectivity index (χ4v) is 0. The topological polar surface area (TPSA) is 0 Å². The zero-order chi connectivity index (χ0) is 7.86. The summed E-state index contributed by atoms with van der Waals surface area (Å²) in [6.07, 6.45) is 0. The van der Waals surface area contributed by atoms with E-state index in [4.69, 9.17) is 68.0 Å². The molecule has 56 valence electrons. The molecule has 0 aromatic heterocycles. The average Bonchev–Trinajstić information content (AvgIpc) is 1.65. The van der Waals surface area contributed by atoms with Crippen molar-refractivity contribution in [2.24, 2.45) is 0 Å². The number of hydrogen-bond acceptors (Lipinski definition) is 0. The van der Waals surface area contributed by atoms with Crippen molar-refractivity contribution >= 4 is 74.8 Å². The Morgan fingerprint density at radius 1 is 1.11 bits per heavy atom. The van der Waals surface area contributed by atoms with Crippen molar-refractivity contribution in [2.75, 3.05) is 0 Å². The molecule has 0 fully saturated rings. The molecule has 0 saturated heterocycles. The summed E-state index contributed by atoms with van der Waals surface area (Å²) in [6, 6.07) is 0. The third kappa shape index (κ3) is 42.0. The van der Waals surface area contributed by atoms with E-state index in [1.54, 1.807) is 0 Å². The molecule has 0 heterocycles. The summed E-state index contributed by atoms with van der Waals surface area (Å²) in [7, 11) is 0. The molecule has 0 aliphatic rings. The standard InChI is InChI=1S/C2HCl3.Cl3HSi/c3-1-2(4)5;1-4(2)3/h1H;4H. The van der Waals surface area contributed by atoms with E-state index in [0.717, 1.165) is 5.54 Å². The molecule has 0 unspecified atom stereocenters. The van der Waals surface area contributed by atoms with Gasteiger partial charge in [-0.05, 0) is 0 Å². The van der Waals surface area contributed by atoms with Crippen molar-refractivity contribution in [3.63, 3.8) is 0 Å². The zero-order valence-corrected chi connectivity index (χ0v) is 9.61. The van der Waals surface area contributed by atoms with Gasteiger partial charge < -0.3 is 0 Å². The van der Waals surface area contributed by atoms with Crippen LogP contribution >= 0.6 is 68.0 Å². The van der Waals surface area contributed by atoms with Crippen LogP contribution in [0.15, 0.2) is 10.0 Å². The van der Waals surface area contributed by atoms with Crippen molar-refractivity contribution in [2.45, 2.75) is 0 Å². The molecule has 0 nitrogen and oxygen atoms in total. The molecule has 7 heteroatoms. The number of halogens is 6. The fraction of sp³-hybridized carbons (Fsp3) is 0. The third-order valence-corrected chi connectivity index (χ3v) is 0.742. The van der Waals surface area contributed by atoms with E-state index >= 15 is 0 Å². The average molecular weight is 267 g/mol. The van der Waals surface area contributed by atoms with Crippen LogP contribution in [-0.2, 0) is 0 Å². The molecule has 0 amide bonds. The van der Waals surface area contributed by atoms with Crippen molar-refractivity contribution in [1.82, 2.24) is 0 Å². The number of rotatable bonds is 0. The van der Waals surface area contributed by atoms with Crippen LogP contribution in [0.25, 0.3) is 0 Å². The number of hydrogen-bond donors (Lipinski definition) is 0. The second kappa shape index (κ2) is 9.70. The van der Waals surface area contributed by atoms with Crippen LogP contribution in [0.4, 0.5) is 0 Å². The summed E-state index contributed by atoms with van der Waals surface area (Å²) in [6.45, 7) is -1.72. The maximum Gasteiger partial charge on any atom is 0.326 e. The first-order chi connectivity index (χ1) is 4.00. The lowest BCUT2D eigenvalue weighted by Crippen LogP contribution is -1.66. The van der Waals surface area contributed by atoms with E-state index < -0.39 is 6.73 Å². The Balaban J connectivity index is 0. The Hall–Kier alpha value is 1.70. The van der Waals surface area contributed by atoms with Crippen LogP contribution in [0, 0.1) is 0 Å². The maximum atomic E-state index is 4.96. The maximum absolute atomic E-state index is 4.96. The highest BCUT2D eigenvalue weighted by atomic mass is 35.8. The lowest BCUT2D eigenvalue weighted by atomic mass is 11.2. The summed E-state index contributed by atoms with van der Waals surface area (Å²) in [5.41, 5.74) is 1.09. The first-order valence-corrected chi connectivity index (χ1v) is 7.97. The summed E-state index contributed by atoms with van der Waals surface area (Å²) < 4.78 is 0.0895. The van der Waals surface area contributed by atoms with Crippen LogP contribution in [0.3, 0.4) is 0 Å². The first-order valence-electron chi connectivity index (χ1n) is 1.54. The first kappa shape index (κ1) is 13.3. The van der Waals surface area contributed by atoms with Gasteiger partial charge in [-0.2, -0.15) is 0 Å². The van der Waals surface area contributed by atoms with E-state index in [2.05, 4.69) is 0 Å². The molecule has 0 N–H and O–H groups in total. The van der Waals surface area contributed by atoms with Crippen LogP contribution in [0.5, 0.6) is 0 Å². The fourth-order valence-electron chi connectivity index (χ4n) is 0. The predicted molar refractivity (Wildman–Crippen MR) is 50.4 cm³/mol. The van der Waals surface area contributed by atoms with E-state index in [-0.39, 0.29) is 4.49 Å². The second-order valence-corrected chi connectivity index (χ2v) is 8.31. The van der Waals surface area contributed by atoms with Gasteiger partial charge in [0.1, 0.15) is 4.49 Å². The molecule has 0 aromatic carbocycles. The van der Waals surface area contributed by atoms with Crippen molar-refractivity contribution < 1.29 is 0 Å². The highest BCUT2D eigenvalue weighted by Gasteiger charge is 1.85. The van der Waals surface area contributed by atoms with Gasteiger partial charge in [0, 0.05) is 5.54 Å². The molecule has 9 heavy (non-hydrogen) atoms. The molecule has 0 radical (unpaired) electrons. The Morgan fingerprint density at radius 3 is 1.22 bits per heavy atom.